The standard InChI is InChI=1S/C22H26N6O2/c1-14-5-4-6-22(23-14)24-19-11-15(2)28(16(3)30)21-8-7-17(12-18(19)21)20-13-27(9-10-29)26-25-20/h4-8,12-13,15,19,29H,9-11H2,1-3H3,(H,23,24). The second-order valence-corrected chi connectivity index (χ2v) is 7.70. The first-order valence-corrected chi connectivity index (χ1v) is 10.1. The summed E-state index contributed by atoms with van der Waals surface area (Å²) in [6, 6.07) is 12.0. The lowest BCUT2D eigenvalue weighted by Gasteiger charge is -2.39. The first kappa shape index (κ1) is 20.0. The Balaban J connectivity index is 1.74. The number of rotatable bonds is 5. The van der Waals surface area contributed by atoms with Crippen LogP contribution in [0.1, 0.15) is 37.6 Å². The minimum absolute atomic E-state index is 0.00679. The number of benzene rings is 1. The van der Waals surface area contributed by atoms with Gasteiger partial charge in [0.2, 0.25) is 5.91 Å². The number of aliphatic hydroxyl groups excluding tert-OH is 1. The van der Waals surface area contributed by atoms with Crippen LogP contribution in [-0.4, -0.2) is 43.6 Å². The van der Waals surface area contributed by atoms with Crippen LogP contribution in [0.25, 0.3) is 11.3 Å². The molecule has 2 N–H and O–H groups in total. The molecule has 1 aliphatic rings. The average Bonchev–Trinajstić information content (AvgIpc) is 3.16. The van der Waals surface area contributed by atoms with Crippen molar-refractivity contribution < 1.29 is 9.90 Å². The number of carbonyl (C=O) groups is 1. The van der Waals surface area contributed by atoms with Crippen LogP contribution in [0.3, 0.4) is 0 Å². The maximum absolute atomic E-state index is 12.4. The largest absolute Gasteiger partial charge is 0.394 e. The molecule has 156 valence electrons. The maximum atomic E-state index is 12.4. The Kier molecular flexibility index (Phi) is 5.50. The highest BCUT2D eigenvalue weighted by molar-refractivity contribution is 5.94. The summed E-state index contributed by atoms with van der Waals surface area (Å²) in [5, 5.41) is 21.0. The van der Waals surface area contributed by atoms with Crippen molar-refractivity contribution >= 4 is 17.4 Å². The van der Waals surface area contributed by atoms with Gasteiger partial charge in [-0.2, -0.15) is 0 Å². The van der Waals surface area contributed by atoms with Crippen molar-refractivity contribution in [2.45, 2.75) is 45.8 Å². The number of nitrogens with one attached hydrogen (secondary N) is 1. The Morgan fingerprint density at radius 1 is 1.30 bits per heavy atom. The molecule has 2 aromatic heterocycles. The molecule has 1 amide bonds. The topological polar surface area (TPSA) is 96.2 Å². The van der Waals surface area contributed by atoms with Gasteiger partial charge in [0.25, 0.3) is 0 Å². The molecule has 4 rings (SSSR count). The Bertz CT molecular complexity index is 1060. The van der Waals surface area contributed by atoms with E-state index in [4.69, 9.17) is 5.11 Å². The molecule has 8 heteroatoms. The van der Waals surface area contributed by atoms with E-state index in [1.807, 2.05) is 48.4 Å². The van der Waals surface area contributed by atoms with Crippen molar-refractivity contribution in [1.29, 1.82) is 0 Å². The van der Waals surface area contributed by atoms with E-state index in [-0.39, 0.29) is 24.6 Å². The molecule has 0 fully saturated rings. The van der Waals surface area contributed by atoms with Crippen LogP contribution in [0.15, 0.2) is 42.6 Å². The number of fused-ring (bicyclic) bond motifs is 1. The lowest BCUT2D eigenvalue weighted by molar-refractivity contribution is -0.117. The summed E-state index contributed by atoms with van der Waals surface area (Å²) < 4.78 is 1.62. The minimum atomic E-state index is 0.00679. The Hall–Kier alpha value is -3.26. The van der Waals surface area contributed by atoms with E-state index in [2.05, 4.69) is 33.6 Å². The Morgan fingerprint density at radius 3 is 2.87 bits per heavy atom. The van der Waals surface area contributed by atoms with E-state index in [0.29, 0.717) is 6.54 Å². The number of nitrogens with zero attached hydrogens (tertiary/aromatic N) is 5. The molecule has 1 aliphatic heterocycles. The summed E-state index contributed by atoms with van der Waals surface area (Å²) in [5.74, 6) is 0.839. The van der Waals surface area contributed by atoms with Gasteiger partial charge in [-0.25, -0.2) is 9.67 Å². The summed E-state index contributed by atoms with van der Waals surface area (Å²) in [6.45, 7) is 6.04. The third-order valence-corrected chi connectivity index (χ3v) is 5.39. The molecule has 0 saturated heterocycles. The second-order valence-electron chi connectivity index (χ2n) is 7.70. The molecule has 0 radical (unpaired) electrons. The van der Waals surface area contributed by atoms with Crippen LogP contribution < -0.4 is 10.2 Å². The molecule has 0 bridgehead atoms. The van der Waals surface area contributed by atoms with Crippen molar-refractivity contribution in [2.75, 3.05) is 16.8 Å². The molecule has 0 spiro atoms. The lowest BCUT2D eigenvalue weighted by atomic mass is 9.89. The first-order chi connectivity index (χ1) is 14.5. The molecule has 0 saturated carbocycles. The van der Waals surface area contributed by atoms with Crippen LogP contribution in [0.5, 0.6) is 0 Å². The highest BCUT2D eigenvalue weighted by Crippen LogP contribution is 2.40. The lowest BCUT2D eigenvalue weighted by Crippen LogP contribution is -2.43. The zero-order chi connectivity index (χ0) is 21.3. The van der Waals surface area contributed by atoms with Gasteiger partial charge in [0, 0.05) is 29.9 Å². The van der Waals surface area contributed by atoms with E-state index in [1.54, 1.807) is 11.6 Å². The number of carbonyl (C=O) groups excluding carboxylic acids is 1. The van der Waals surface area contributed by atoms with E-state index >= 15 is 0 Å². The molecular formula is C22H26N6O2. The summed E-state index contributed by atoms with van der Waals surface area (Å²) in [7, 11) is 0. The maximum Gasteiger partial charge on any atom is 0.224 e. The fraction of sp³-hybridized carbons (Fsp3) is 0.364. The average molecular weight is 406 g/mol. The van der Waals surface area contributed by atoms with Crippen LogP contribution in [0, 0.1) is 6.92 Å². The van der Waals surface area contributed by atoms with Gasteiger partial charge in [0.15, 0.2) is 0 Å². The summed E-state index contributed by atoms with van der Waals surface area (Å²) in [4.78, 5) is 18.8. The van der Waals surface area contributed by atoms with Gasteiger partial charge in [0.05, 0.1) is 25.4 Å². The Labute approximate surface area is 175 Å². The van der Waals surface area contributed by atoms with Crippen LogP contribution in [0.2, 0.25) is 0 Å². The summed E-state index contributed by atoms with van der Waals surface area (Å²) in [6.07, 6.45) is 2.58. The summed E-state index contributed by atoms with van der Waals surface area (Å²) >= 11 is 0. The molecule has 2 atom stereocenters. The zero-order valence-corrected chi connectivity index (χ0v) is 17.4. The summed E-state index contributed by atoms with van der Waals surface area (Å²) in [5.41, 5.74) is 4.52. The van der Waals surface area contributed by atoms with Crippen molar-refractivity contribution in [3.8, 4) is 11.3 Å². The third-order valence-electron chi connectivity index (χ3n) is 5.39. The predicted octanol–water partition coefficient (Wildman–Crippen LogP) is 2.94. The van der Waals surface area contributed by atoms with Crippen LogP contribution in [-0.2, 0) is 11.3 Å². The van der Waals surface area contributed by atoms with E-state index in [9.17, 15) is 4.79 Å². The smallest absolute Gasteiger partial charge is 0.224 e. The number of amides is 1. The highest BCUT2D eigenvalue weighted by atomic mass is 16.3. The van der Waals surface area contributed by atoms with Gasteiger partial charge >= 0.3 is 0 Å². The van der Waals surface area contributed by atoms with Gasteiger partial charge in [-0.3, -0.25) is 4.79 Å². The quantitative estimate of drug-likeness (QED) is 0.676. The fourth-order valence-electron chi connectivity index (χ4n) is 4.08. The van der Waals surface area contributed by atoms with Crippen molar-refractivity contribution in [2.24, 2.45) is 0 Å². The van der Waals surface area contributed by atoms with Crippen molar-refractivity contribution in [1.82, 2.24) is 20.0 Å². The molecule has 2 unspecified atom stereocenters. The number of pyridine rings is 1. The van der Waals surface area contributed by atoms with Crippen LogP contribution in [0.4, 0.5) is 11.5 Å². The first-order valence-electron chi connectivity index (χ1n) is 10.1. The van der Waals surface area contributed by atoms with E-state index in [1.165, 1.54) is 0 Å². The number of aromatic nitrogens is 4. The second kappa shape index (κ2) is 8.23. The van der Waals surface area contributed by atoms with Crippen molar-refractivity contribution in [3.63, 3.8) is 0 Å². The third kappa shape index (κ3) is 3.91. The van der Waals surface area contributed by atoms with E-state index < -0.39 is 0 Å². The zero-order valence-electron chi connectivity index (χ0n) is 17.4. The molecular weight excluding hydrogens is 380 g/mol. The molecule has 0 aliphatic carbocycles. The van der Waals surface area contributed by atoms with Crippen molar-refractivity contribution in [3.05, 3.63) is 53.9 Å². The van der Waals surface area contributed by atoms with Gasteiger partial charge in [-0.15, -0.1) is 5.10 Å². The molecule has 30 heavy (non-hydrogen) atoms. The highest BCUT2D eigenvalue weighted by Gasteiger charge is 2.33. The number of aryl methyl sites for hydroxylation is 1. The monoisotopic (exact) mass is 406 g/mol. The minimum Gasteiger partial charge on any atom is -0.394 e. The van der Waals surface area contributed by atoms with Gasteiger partial charge < -0.3 is 15.3 Å². The Morgan fingerprint density at radius 2 is 2.13 bits per heavy atom. The number of hydrogen-bond acceptors (Lipinski definition) is 6. The molecule has 3 heterocycles. The van der Waals surface area contributed by atoms with Gasteiger partial charge in [-0.05, 0) is 50.1 Å². The molecule has 8 nitrogen and oxygen atoms in total. The number of hydrogen-bond donors (Lipinski definition) is 2. The van der Waals surface area contributed by atoms with Gasteiger partial charge in [-0.1, -0.05) is 17.3 Å². The normalized spacial score (nSPS) is 18.2. The SMILES string of the molecule is CC(=O)N1c2ccc(-c3cn(CCO)nn3)cc2C(Nc2cccc(C)n2)CC1C. The fourth-order valence-corrected chi connectivity index (χ4v) is 4.08. The number of aliphatic hydroxyl groups is 1. The van der Waals surface area contributed by atoms with Gasteiger partial charge in [0.1, 0.15) is 11.5 Å². The van der Waals surface area contributed by atoms with Crippen LogP contribution >= 0.6 is 0 Å². The predicted molar refractivity (Wildman–Crippen MR) is 115 cm³/mol. The van der Waals surface area contributed by atoms with E-state index in [0.717, 1.165) is 40.4 Å². The molecule has 1 aromatic carbocycles. The molecule has 3 aromatic rings. The number of anilines is 2.